The monoisotopic (exact) mass is 572 g/mol. The molecule has 0 fully saturated rings. The number of alkyl halides is 6. The van der Waals surface area contributed by atoms with Gasteiger partial charge in [0.1, 0.15) is 5.82 Å². The van der Waals surface area contributed by atoms with Gasteiger partial charge in [-0.25, -0.2) is 9.78 Å². The summed E-state index contributed by atoms with van der Waals surface area (Å²) in [5.74, 6) is 0.398. The highest BCUT2D eigenvalue weighted by molar-refractivity contribution is 5.89. The fourth-order valence-corrected chi connectivity index (χ4v) is 4.73. The van der Waals surface area contributed by atoms with Crippen molar-refractivity contribution in [3.63, 3.8) is 0 Å². The maximum absolute atomic E-state index is 13.6. The molecule has 0 aliphatic carbocycles. The van der Waals surface area contributed by atoms with Crippen molar-refractivity contribution in [3.05, 3.63) is 52.7 Å². The highest BCUT2D eigenvalue weighted by Gasteiger charge is 2.41. The van der Waals surface area contributed by atoms with Crippen LogP contribution in [0.5, 0.6) is 0 Å². The van der Waals surface area contributed by atoms with Crippen molar-refractivity contribution in [1.29, 1.82) is 0 Å². The summed E-state index contributed by atoms with van der Waals surface area (Å²) in [4.78, 5) is 22.2. The third-order valence-corrected chi connectivity index (χ3v) is 6.59. The number of benzene rings is 1. The zero-order chi connectivity index (χ0) is 29.6. The van der Waals surface area contributed by atoms with Gasteiger partial charge in [-0.3, -0.25) is 4.90 Å². The fraction of sp³-hybridized carbons (Fsp3) is 0.458. The molecule has 10 nitrogen and oxygen atoms in total. The van der Waals surface area contributed by atoms with E-state index in [-0.39, 0.29) is 35.4 Å². The van der Waals surface area contributed by atoms with Gasteiger partial charge in [-0.15, -0.1) is 5.10 Å². The first-order valence-corrected chi connectivity index (χ1v) is 12.1. The van der Waals surface area contributed by atoms with E-state index in [9.17, 15) is 36.2 Å². The van der Waals surface area contributed by atoms with Gasteiger partial charge in [-0.1, -0.05) is 12.0 Å². The Morgan fingerprint density at radius 2 is 1.70 bits per heavy atom. The van der Waals surface area contributed by atoms with Crippen LogP contribution in [0, 0.1) is 0 Å². The van der Waals surface area contributed by atoms with Crippen LogP contribution in [0.4, 0.5) is 48.6 Å². The predicted octanol–water partition coefficient (Wildman–Crippen LogP) is 5.12. The number of carboxylic acid groups (broad SMARTS) is 1. The van der Waals surface area contributed by atoms with E-state index in [0.29, 0.717) is 24.4 Å². The van der Waals surface area contributed by atoms with E-state index < -0.39 is 48.2 Å². The molecule has 3 aromatic rings. The Labute approximate surface area is 224 Å². The standard InChI is InChI=1S/C24H26F6N8O2/c1-5-16-11-18(20-17(38(16)22(39)40)6-7-19(31-20)35(2)3)37(21-32-34-36(4)33-21)12-13-8-14(23(25,26)27)10-15(9-13)24(28,29)30/h6-10,16,18H,5,11-12H2,1-4H3,(H,39,40)/t16-,18+/m1/s1. The van der Waals surface area contributed by atoms with Crippen LogP contribution < -0.4 is 14.7 Å². The van der Waals surface area contributed by atoms with Crippen molar-refractivity contribution >= 4 is 23.5 Å². The Morgan fingerprint density at radius 1 is 1.07 bits per heavy atom. The van der Waals surface area contributed by atoms with Crippen LogP contribution in [-0.4, -0.2) is 56.5 Å². The summed E-state index contributed by atoms with van der Waals surface area (Å²) in [6.07, 6.45) is -10.8. The maximum atomic E-state index is 13.6. The Bertz CT molecular complexity index is 1360. The number of anilines is 3. The first-order chi connectivity index (χ1) is 18.6. The van der Waals surface area contributed by atoms with Crippen molar-refractivity contribution in [3.8, 4) is 0 Å². The Morgan fingerprint density at radius 3 is 2.17 bits per heavy atom. The van der Waals surface area contributed by atoms with E-state index in [1.807, 2.05) is 0 Å². The molecule has 4 rings (SSSR count). The van der Waals surface area contributed by atoms with Crippen LogP contribution in [0.3, 0.4) is 0 Å². The van der Waals surface area contributed by atoms with Crippen molar-refractivity contribution in [1.82, 2.24) is 25.2 Å². The lowest BCUT2D eigenvalue weighted by Gasteiger charge is -2.42. The van der Waals surface area contributed by atoms with Crippen LogP contribution >= 0.6 is 0 Å². The molecule has 0 bridgehead atoms. The SMILES string of the molecule is CC[C@@H]1C[C@H](N(Cc2cc(C(F)(F)F)cc(C(F)(F)F)c2)c2nnn(C)n2)c2nc(N(C)C)ccc2N1C(=O)O. The molecular weight excluding hydrogens is 546 g/mol. The molecule has 2 aromatic heterocycles. The quantitative estimate of drug-likeness (QED) is 0.406. The number of halogens is 6. The lowest BCUT2D eigenvalue weighted by atomic mass is 9.92. The number of nitrogens with zero attached hydrogens (tertiary/aromatic N) is 8. The van der Waals surface area contributed by atoms with Crippen molar-refractivity contribution < 1.29 is 36.2 Å². The number of carbonyl (C=O) groups is 1. The molecule has 2 atom stereocenters. The summed E-state index contributed by atoms with van der Waals surface area (Å²) < 4.78 is 81.6. The normalized spacial score (nSPS) is 17.5. The smallest absolute Gasteiger partial charge is 0.416 e. The lowest BCUT2D eigenvalue weighted by molar-refractivity contribution is -0.143. The average Bonchev–Trinajstić information content (AvgIpc) is 3.30. The summed E-state index contributed by atoms with van der Waals surface area (Å²) >= 11 is 0. The summed E-state index contributed by atoms with van der Waals surface area (Å²) in [5.41, 5.74) is -2.70. The Kier molecular flexibility index (Phi) is 7.56. The van der Waals surface area contributed by atoms with Crippen LogP contribution in [0.2, 0.25) is 0 Å². The number of amides is 1. The number of hydrogen-bond donors (Lipinski definition) is 1. The topological polar surface area (TPSA) is 104 Å². The average molecular weight is 573 g/mol. The molecule has 0 radical (unpaired) electrons. The summed E-state index contributed by atoms with van der Waals surface area (Å²) in [6.45, 7) is 1.30. The summed E-state index contributed by atoms with van der Waals surface area (Å²) in [7, 11) is 4.90. The van der Waals surface area contributed by atoms with E-state index in [1.54, 1.807) is 38.1 Å². The fourth-order valence-electron chi connectivity index (χ4n) is 4.73. The summed E-state index contributed by atoms with van der Waals surface area (Å²) in [5, 5.41) is 21.9. The van der Waals surface area contributed by atoms with Gasteiger partial charge in [0.25, 0.3) is 5.95 Å². The number of tetrazole rings is 1. The van der Waals surface area contributed by atoms with E-state index in [1.165, 1.54) is 16.8 Å². The van der Waals surface area contributed by atoms with Crippen LogP contribution in [0.1, 0.15) is 48.2 Å². The number of fused-ring (bicyclic) bond motifs is 1. The third kappa shape index (κ3) is 5.74. The molecule has 1 aromatic carbocycles. The first-order valence-electron chi connectivity index (χ1n) is 12.1. The molecule has 0 spiro atoms. The van der Waals surface area contributed by atoms with Crippen molar-refractivity contribution in [2.45, 2.75) is 50.7 Å². The van der Waals surface area contributed by atoms with E-state index in [4.69, 9.17) is 0 Å². The minimum atomic E-state index is -5.03. The second-order valence-electron chi connectivity index (χ2n) is 9.56. The zero-order valence-corrected chi connectivity index (χ0v) is 21.9. The first kappa shape index (κ1) is 28.9. The van der Waals surface area contributed by atoms with Gasteiger partial charge in [-0.05, 0) is 54.0 Å². The van der Waals surface area contributed by atoms with E-state index >= 15 is 0 Å². The summed E-state index contributed by atoms with van der Waals surface area (Å²) in [6, 6.07) is 3.16. The minimum Gasteiger partial charge on any atom is -0.465 e. The molecule has 40 heavy (non-hydrogen) atoms. The number of pyridine rings is 1. The van der Waals surface area contributed by atoms with Gasteiger partial charge < -0.3 is 14.9 Å². The number of aromatic nitrogens is 5. The Balaban J connectivity index is 1.91. The molecular formula is C24H26F6N8O2. The highest BCUT2D eigenvalue weighted by Crippen LogP contribution is 2.43. The molecule has 1 N–H and O–H groups in total. The highest BCUT2D eigenvalue weighted by atomic mass is 19.4. The van der Waals surface area contributed by atoms with Gasteiger partial charge >= 0.3 is 18.4 Å². The molecule has 0 unspecified atom stereocenters. The molecule has 3 heterocycles. The molecule has 216 valence electrons. The molecule has 1 amide bonds. The van der Waals surface area contributed by atoms with Gasteiger partial charge in [-0.2, -0.15) is 31.1 Å². The minimum absolute atomic E-state index is 0.0626. The molecule has 1 aliphatic heterocycles. The lowest BCUT2D eigenvalue weighted by Crippen LogP contribution is -2.47. The molecule has 16 heteroatoms. The maximum Gasteiger partial charge on any atom is 0.416 e. The largest absolute Gasteiger partial charge is 0.465 e. The van der Waals surface area contributed by atoms with Crippen molar-refractivity contribution in [2.24, 2.45) is 7.05 Å². The number of aryl methyl sites for hydroxylation is 1. The van der Waals surface area contributed by atoms with Gasteiger partial charge in [0.15, 0.2) is 0 Å². The van der Waals surface area contributed by atoms with Gasteiger partial charge in [0, 0.05) is 26.7 Å². The second kappa shape index (κ2) is 10.5. The van der Waals surface area contributed by atoms with Crippen LogP contribution in [0.25, 0.3) is 0 Å². The van der Waals surface area contributed by atoms with Crippen molar-refractivity contribution in [2.75, 3.05) is 28.8 Å². The van der Waals surface area contributed by atoms with E-state index in [2.05, 4.69) is 20.4 Å². The zero-order valence-electron chi connectivity index (χ0n) is 21.9. The number of hydrogen-bond acceptors (Lipinski definition) is 7. The predicted molar refractivity (Wildman–Crippen MR) is 132 cm³/mol. The van der Waals surface area contributed by atoms with Crippen LogP contribution in [0.15, 0.2) is 30.3 Å². The molecule has 1 aliphatic rings. The number of rotatable bonds is 6. The van der Waals surface area contributed by atoms with E-state index in [0.717, 1.165) is 4.80 Å². The van der Waals surface area contributed by atoms with Crippen LogP contribution in [-0.2, 0) is 25.9 Å². The molecule has 0 saturated carbocycles. The second-order valence-corrected chi connectivity index (χ2v) is 9.56. The molecule has 0 saturated heterocycles. The third-order valence-electron chi connectivity index (χ3n) is 6.59. The Hall–Kier alpha value is -4.11. The van der Waals surface area contributed by atoms with Gasteiger partial charge in [0.05, 0.1) is 35.6 Å². The van der Waals surface area contributed by atoms with Gasteiger partial charge in [0.2, 0.25) is 0 Å².